The van der Waals surface area contributed by atoms with Gasteiger partial charge >= 0.3 is 6.18 Å². The summed E-state index contributed by atoms with van der Waals surface area (Å²) in [6.45, 7) is 3.93. The molecule has 8 nitrogen and oxygen atoms in total. The molecule has 0 aliphatic carbocycles. The normalized spacial score (nSPS) is 14.0. The minimum atomic E-state index is -4.47. The van der Waals surface area contributed by atoms with Gasteiger partial charge in [-0.05, 0) is 50.1 Å². The molecule has 0 spiro atoms. The van der Waals surface area contributed by atoms with Crippen molar-refractivity contribution in [2.45, 2.75) is 39.5 Å². The highest BCUT2D eigenvalue weighted by molar-refractivity contribution is 6.06. The van der Waals surface area contributed by atoms with Crippen LogP contribution in [0.25, 0.3) is 0 Å². The van der Waals surface area contributed by atoms with E-state index in [1.54, 1.807) is 50.1 Å². The number of fused-ring (bicyclic) bond motifs is 1. The number of nitrogens with zero attached hydrogens (tertiary/aromatic N) is 4. The Balaban J connectivity index is 1.53. The van der Waals surface area contributed by atoms with Gasteiger partial charge in [0.2, 0.25) is 5.88 Å². The number of alkyl halides is 3. The lowest BCUT2D eigenvalue weighted by Crippen LogP contribution is -2.27. The largest absolute Gasteiger partial charge is 0.468 e. The maximum Gasteiger partial charge on any atom is 0.422 e. The van der Waals surface area contributed by atoms with E-state index in [1.807, 2.05) is 0 Å². The van der Waals surface area contributed by atoms with Crippen molar-refractivity contribution < 1.29 is 27.5 Å². The lowest BCUT2D eigenvalue weighted by atomic mass is 10.1. The van der Waals surface area contributed by atoms with Gasteiger partial charge in [0.05, 0.1) is 18.2 Å². The third-order valence-corrected chi connectivity index (χ3v) is 5.77. The number of aromatic nitrogens is 3. The molecule has 0 aromatic carbocycles. The minimum absolute atomic E-state index is 0.116. The smallest absolute Gasteiger partial charge is 0.422 e. The lowest BCUT2D eigenvalue weighted by Gasteiger charge is -2.25. The number of halogens is 3. The molecule has 4 rings (SSSR count). The maximum absolute atomic E-state index is 13.1. The molecule has 35 heavy (non-hydrogen) atoms. The highest BCUT2D eigenvalue weighted by Gasteiger charge is 2.34. The number of rotatable bonds is 6. The van der Waals surface area contributed by atoms with Crippen LogP contribution in [0, 0.1) is 13.8 Å². The molecule has 1 atom stereocenters. The molecular weight excluding hydrogens is 463 g/mol. The van der Waals surface area contributed by atoms with Gasteiger partial charge in [-0.15, -0.1) is 0 Å². The topological polar surface area (TPSA) is 97.3 Å². The fourth-order valence-electron chi connectivity index (χ4n) is 3.84. The van der Waals surface area contributed by atoms with Crippen LogP contribution >= 0.6 is 0 Å². The Labute approximate surface area is 199 Å². The van der Waals surface area contributed by atoms with E-state index in [0.717, 1.165) is 5.56 Å². The zero-order chi connectivity index (χ0) is 25.3. The quantitative estimate of drug-likeness (QED) is 0.556. The van der Waals surface area contributed by atoms with Crippen LogP contribution in [0.3, 0.4) is 0 Å². The van der Waals surface area contributed by atoms with E-state index < -0.39 is 18.8 Å². The number of amides is 2. The zero-order valence-electron chi connectivity index (χ0n) is 19.2. The predicted octanol–water partition coefficient (Wildman–Crippen LogP) is 4.40. The third kappa shape index (κ3) is 5.08. The fourth-order valence-corrected chi connectivity index (χ4v) is 3.84. The summed E-state index contributed by atoms with van der Waals surface area (Å²) in [7, 11) is 0. The maximum atomic E-state index is 13.1. The number of carbonyl (C=O) groups is 2. The Morgan fingerprint density at radius 1 is 1.17 bits per heavy atom. The molecule has 2 amide bonds. The van der Waals surface area contributed by atoms with Crippen molar-refractivity contribution >= 4 is 17.6 Å². The van der Waals surface area contributed by atoms with Crippen LogP contribution in [0.5, 0.6) is 5.88 Å². The van der Waals surface area contributed by atoms with Crippen molar-refractivity contribution in [2.75, 3.05) is 11.9 Å². The van der Waals surface area contributed by atoms with Crippen LogP contribution < -0.4 is 10.1 Å². The molecule has 1 aliphatic heterocycles. The van der Waals surface area contributed by atoms with Gasteiger partial charge in [-0.25, -0.2) is 9.97 Å². The molecule has 0 radical (unpaired) electrons. The standard InChI is InChI=1S/C24H22F3N5O3/c1-13-4-6-28-10-18(13)21(33)31-20-19-11-32(23(34)17(19)5-7-29-20)15(3)16-8-14(2)22(30-9-16)35-12-24(25,26)27/h4-10,15H,11-12H2,1-3H3,(H,29,31,33). The second-order valence-electron chi connectivity index (χ2n) is 8.23. The highest BCUT2D eigenvalue weighted by Crippen LogP contribution is 2.35. The Hall–Kier alpha value is -4.02. The zero-order valence-corrected chi connectivity index (χ0v) is 19.2. The Morgan fingerprint density at radius 3 is 2.63 bits per heavy atom. The third-order valence-electron chi connectivity index (χ3n) is 5.77. The number of anilines is 1. The van der Waals surface area contributed by atoms with Gasteiger partial charge in [0.1, 0.15) is 5.82 Å². The Morgan fingerprint density at radius 2 is 1.94 bits per heavy atom. The van der Waals surface area contributed by atoms with E-state index in [2.05, 4.69) is 20.3 Å². The molecule has 1 aliphatic rings. The summed E-state index contributed by atoms with van der Waals surface area (Å²) >= 11 is 0. The van der Waals surface area contributed by atoms with Gasteiger partial charge in [-0.3, -0.25) is 14.6 Å². The molecule has 0 fully saturated rings. The number of aryl methyl sites for hydroxylation is 2. The average molecular weight is 485 g/mol. The number of carbonyl (C=O) groups excluding carboxylic acids is 2. The van der Waals surface area contributed by atoms with Crippen molar-refractivity contribution in [3.63, 3.8) is 0 Å². The predicted molar refractivity (Wildman–Crippen MR) is 120 cm³/mol. The molecule has 0 bridgehead atoms. The number of hydrogen-bond acceptors (Lipinski definition) is 6. The van der Waals surface area contributed by atoms with Crippen molar-refractivity contribution in [3.05, 3.63) is 76.4 Å². The molecule has 1 unspecified atom stereocenters. The summed E-state index contributed by atoms with van der Waals surface area (Å²) in [6, 6.07) is 4.51. The lowest BCUT2D eigenvalue weighted by molar-refractivity contribution is -0.154. The van der Waals surface area contributed by atoms with Crippen LogP contribution in [-0.4, -0.2) is 44.4 Å². The van der Waals surface area contributed by atoms with Crippen molar-refractivity contribution in [3.8, 4) is 5.88 Å². The number of ether oxygens (including phenoxy) is 1. The molecular formula is C24H22F3N5O3. The van der Waals surface area contributed by atoms with Crippen LogP contribution in [0.4, 0.5) is 19.0 Å². The summed E-state index contributed by atoms with van der Waals surface area (Å²) in [5.41, 5.74) is 3.20. The summed E-state index contributed by atoms with van der Waals surface area (Å²) in [4.78, 5) is 39.7. The van der Waals surface area contributed by atoms with Crippen molar-refractivity contribution in [2.24, 2.45) is 0 Å². The van der Waals surface area contributed by atoms with Gasteiger partial charge in [-0.1, -0.05) is 0 Å². The number of nitrogens with one attached hydrogen (secondary N) is 1. The van der Waals surface area contributed by atoms with E-state index in [1.165, 1.54) is 18.6 Å². The van der Waals surface area contributed by atoms with Gasteiger partial charge in [-0.2, -0.15) is 13.2 Å². The first-order chi connectivity index (χ1) is 16.5. The van der Waals surface area contributed by atoms with Gasteiger partial charge in [0.25, 0.3) is 11.8 Å². The summed E-state index contributed by atoms with van der Waals surface area (Å²) in [6.07, 6.45) is 1.43. The van der Waals surface area contributed by atoms with Crippen molar-refractivity contribution in [1.29, 1.82) is 0 Å². The monoisotopic (exact) mass is 485 g/mol. The van der Waals surface area contributed by atoms with Gasteiger partial charge in [0.15, 0.2) is 6.61 Å². The van der Waals surface area contributed by atoms with Crippen LogP contribution in [0.2, 0.25) is 0 Å². The number of hydrogen-bond donors (Lipinski definition) is 1. The Kier molecular flexibility index (Phi) is 6.42. The highest BCUT2D eigenvalue weighted by atomic mass is 19.4. The van der Waals surface area contributed by atoms with E-state index >= 15 is 0 Å². The number of pyridine rings is 3. The minimum Gasteiger partial charge on any atom is -0.468 e. The fraction of sp³-hybridized carbons (Fsp3) is 0.292. The molecule has 11 heteroatoms. The molecule has 0 saturated carbocycles. The van der Waals surface area contributed by atoms with Crippen molar-refractivity contribution in [1.82, 2.24) is 19.9 Å². The van der Waals surface area contributed by atoms with E-state index in [-0.39, 0.29) is 30.1 Å². The average Bonchev–Trinajstić information content (AvgIpc) is 3.15. The van der Waals surface area contributed by atoms with E-state index in [4.69, 9.17) is 4.74 Å². The summed E-state index contributed by atoms with van der Waals surface area (Å²) in [5.74, 6) is -0.471. The molecule has 3 aromatic rings. The first-order valence-electron chi connectivity index (χ1n) is 10.7. The first-order valence-corrected chi connectivity index (χ1v) is 10.7. The summed E-state index contributed by atoms with van der Waals surface area (Å²) in [5, 5.41) is 2.77. The first kappa shape index (κ1) is 24.1. The van der Waals surface area contributed by atoms with Gasteiger partial charge in [0, 0.05) is 41.5 Å². The molecule has 182 valence electrons. The molecule has 3 aromatic heterocycles. The van der Waals surface area contributed by atoms with E-state index in [9.17, 15) is 22.8 Å². The molecule has 1 N–H and O–H groups in total. The van der Waals surface area contributed by atoms with Crippen LogP contribution in [0.1, 0.15) is 55.9 Å². The summed E-state index contributed by atoms with van der Waals surface area (Å²) < 4.78 is 42.1. The Bertz CT molecular complexity index is 1300. The second kappa shape index (κ2) is 9.32. The SMILES string of the molecule is Cc1ccncc1C(=O)Nc1nccc2c1CN(C(C)c1cnc(OCC(F)(F)F)c(C)c1)C2=O. The van der Waals surface area contributed by atoms with E-state index in [0.29, 0.717) is 27.8 Å². The van der Waals surface area contributed by atoms with Crippen LogP contribution in [0.15, 0.2) is 43.0 Å². The molecule has 0 saturated heterocycles. The van der Waals surface area contributed by atoms with Gasteiger partial charge < -0.3 is 15.0 Å². The van der Waals surface area contributed by atoms with Crippen LogP contribution in [-0.2, 0) is 6.54 Å². The second-order valence-corrected chi connectivity index (χ2v) is 8.23. The molecule has 4 heterocycles.